The number of benzene rings is 1. The lowest BCUT2D eigenvalue weighted by Gasteiger charge is -2.09. The Balaban J connectivity index is 2.18. The van der Waals surface area contributed by atoms with Crippen LogP contribution in [0.25, 0.3) is 0 Å². The van der Waals surface area contributed by atoms with Crippen LogP contribution in [-0.4, -0.2) is 21.3 Å². The number of hydrogen-bond acceptors (Lipinski definition) is 4. The molecule has 0 aliphatic heterocycles. The Bertz CT molecular complexity index is 607. The number of carbonyl (C=O) groups is 1. The van der Waals surface area contributed by atoms with Crippen molar-refractivity contribution in [3.8, 4) is 0 Å². The lowest BCUT2D eigenvalue weighted by atomic mass is 10.2. The molecule has 2 rings (SSSR count). The van der Waals surface area contributed by atoms with Gasteiger partial charge in [-0.15, -0.1) is 0 Å². The molecule has 0 fully saturated rings. The van der Waals surface area contributed by atoms with E-state index in [0.717, 1.165) is 0 Å². The quantitative estimate of drug-likeness (QED) is 0.903. The summed E-state index contributed by atoms with van der Waals surface area (Å²) in [7, 11) is 0. The zero-order chi connectivity index (χ0) is 13.8. The molecule has 5 nitrogen and oxygen atoms in total. The van der Waals surface area contributed by atoms with Gasteiger partial charge in [-0.05, 0) is 40.2 Å². The summed E-state index contributed by atoms with van der Waals surface area (Å²) in [4.78, 5) is 10.8. The van der Waals surface area contributed by atoms with E-state index in [1.54, 1.807) is 18.3 Å². The molecule has 2 aromatic rings. The lowest BCUT2D eigenvalue weighted by molar-refractivity contribution is 0.0695. The molecular formula is C12H9BrFN3O2. The molecule has 0 atom stereocenters. The molecule has 0 spiro atoms. The number of hydrogen-bond donors (Lipinski definition) is 2. The molecule has 19 heavy (non-hydrogen) atoms. The van der Waals surface area contributed by atoms with E-state index in [-0.39, 0.29) is 15.7 Å². The molecule has 2 N–H and O–H groups in total. The molecule has 0 saturated carbocycles. The number of aromatic carboxylic acids is 1. The van der Waals surface area contributed by atoms with E-state index in [4.69, 9.17) is 5.11 Å². The van der Waals surface area contributed by atoms with E-state index < -0.39 is 11.8 Å². The van der Waals surface area contributed by atoms with Crippen LogP contribution in [0.4, 0.5) is 10.1 Å². The Labute approximate surface area is 116 Å². The molecule has 7 heteroatoms. The third-order valence-electron chi connectivity index (χ3n) is 2.40. The van der Waals surface area contributed by atoms with Crippen LogP contribution in [0.5, 0.6) is 0 Å². The van der Waals surface area contributed by atoms with Crippen molar-refractivity contribution in [2.75, 3.05) is 5.32 Å². The maximum atomic E-state index is 13.9. The molecule has 1 aromatic carbocycles. The highest BCUT2D eigenvalue weighted by atomic mass is 79.9. The second-order valence-electron chi connectivity index (χ2n) is 3.66. The summed E-state index contributed by atoms with van der Waals surface area (Å²) in [6.45, 7) is 0.295. The van der Waals surface area contributed by atoms with Crippen molar-refractivity contribution in [3.05, 3.63) is 52.0 Å². The zero-order valence-corrected chi connectivity index (χ0v) is 11.2. The average Bonchev–Trinajstić information content (AvgIpc) is 2.41. The van der Waals surface area contributed by atoms with E-state index in [1.807, 2.05) is 0 Å². The highest BCUT2D eigenvalue weighted by Crippen LogP contribution is 2.27. The van der Waals surface area contributed by atoms with Gasteiger partial charge < -0.3 is 10.4 Å². The topological polar surface area (TPSA) is 75.1 Å². The van der Waals surface area contributed by atoms with Crippen LogP contribution >= 0.6 is 15.9 Å². The Morgan fingerprint density at radius 3 is 2.84 bits per heavy atom. The highest BCUT2D eigenvalue weighted by Gasteiger charge is 2.15. The minimum Gasteiger partial charge on any atom is -0.478 e. The van der Waals surface area contributed by atoms with Gasteiger partial charge in [-0.3, -0.25) is 0 Å². The molecule has 0 unspecified atom stereocenters. The van der Waals surface area contributed by atoms with E-state index in [9.17, 15) is 9.18 Å². The first kappa shape index (κ1) is 13.4. The predicted molar refractivity (Wildman–Crippen MR) is 70.4 cm³/mol. The molecule has 0 aliphatic carbocycles. The molecule has 0 aliphatic rings. The maximum Gasteiger partial charge on any atom is 0.336 e. The van der Waals surface area contributed by atoms with Gasteiger partial charge in [0.15, 0.2) is 5.82 Å². The minimum atomic E-state index is -1.19. The molecule has 1 heterocycles. The van der Waals surface area contributed by atoms with Crippen molar-refractivity contribution in [2.24, 2.45) is 0 Å². The number of halogens is 2. The number of nitrogens with zero attached hydrogens (tertiary/aromatic N) is 2. The van der Waals surface area contributed by atoms with Gasteiger partial charge in [0.1, 0.15) is 0 Å². The SMILES string of the molecule is O=C(O)c1ccc(NCc2cccnn2)c(F)c1Br. The van der Waals surface area contributed by atoms with Crippen LogP contribution < -0.4 is 5.32 Å². The smallest absolute Gasteiger partial charge is 0.336 e. The van der Waals surface area contributed by atoms with Crippen molar-refractivity contribution >= 4 is 27.6 Å². The third kappa shape index (κ3) is 3.05. The van der Waals surface area contributed by atoms with E-state index in [2.05, 4.69) is 31.4 Å². The van der Waals surface area contributed by atoms with Crippen LogP contribution in [0.3, 0.4) is 0 Å². The van der Waals surface area contributed by atoms with Gasteiger partial charge in [-0.2, -0.15) is 10.2 Å². The minimum absolute atomic E-state index is 0.0795. The lowest BCUT2D eigenvalue weighted by Crippen LogP contribution is -2.06. The second-order valence-corrected chi connectivity index (χ2v) is 4.46. The van der Waals surface area contributed by atoms with E-state index in [1.165, 1.54) is 12.1 Å². The zero-order valence-electron chi connectivity index (χ0n) is 9.60. The summed E-state index contributed by atoms with van der Waals surface area (Å²) in [5.74, 6) is -1.84. The molecule has 0 saturated heterocycles. The molecular weight excluding hydrogens is 317 g/mol. The summed E-state index contributed by atoms with van der Waals surface area (Å²) >= 11 is 2.93. The number of anilines is 1. The van der Waals surface area contributed by atoms with Crippen LogP contribution in [-0.2, 0) is 6.54 Å². The standard InChI is InChI=1S/C12H9BrFN3O2/c13-10-8(12(18)19)3-4-9(11(10)14)15-6-7-2-1-5-16-17-7/h1-5,15H,6H2,(H,18,19). The largest absolute Gasteiger partial charge is 0.478 e. The van der Waals surface area contributed by atoms with Crippen molar-refractivity contribution < 1.29 is 14.3 Å². The van der Waals surface area contributed by atoms with Gasteiger partial charge in [-0.1, -0.05) is 0 Å². The molecule has 98 valence electrons. The Kier molecular flexibility index (Phi) is 4.06. The van der Waals surface area contributed by atoms with Crippen LogP contribution in [0.15, 0.2) is 34.9 Å². The summed E-state index contributed by atoms with van der Waals surface area (Å²) < 4.78 is 13.8. The summed E-state index contributed by atoms with van der Waals surface area (Å²) in [6.07, 6.45) is 1.54. The van der Waals surface area contributed by atoms with Crippen LogP contribution in [0.1, 0.15) is 16.1 Å². The number of carboxylic acid groups (broad SMARTS) is 1. The van der Waals surface area contributed by atoms with Gasteiger partial charge in [0, 0.05) is 6.20 Å². The fourth-order valence-corrected chi connectivity index (χ4v) is 1.98. The van der Waals surface area contributed by atoms with Crippen LogP contribution in [0, 0.1) is 5.82 Å². The molecule has 0 radical (unpaired) electrons. The van der Waals surface area contributed by atoms with Crippen molar-refractivity contribution in [1.82, 2.24) is 10.2 Å². The molecule has 0 bridgehead atoms. The van der Waals surface area contributed by atoms with Gasteiger partial charge in [0.25, 0.3) is 0 Å². The Hall–Kier alpha value is -2.02. The number of aromatic nitrogens is 2. The van der Waals surface area contributed by atoms with Crippen molar-refractivity contribution in [2.45, 2.75) is 6.54 Å². The first-order chi connectivity index (χ1) is 9.09. The van der Waals surface area contributed by atoms with E-state index >= 15 is 0 Å². The summed E-state index contributed by atoms with van der Waals surface area (Å²) in [5.41, 5.74) is 0.727. The summed E-state index contributed by atoms with van der Waals surface area (Å²) in [5, 5.41) is 19.2. The fourth-order valence-electron chi connectivity index (χ4n) is 1.46. The highest BCUT2D eigenvalue weighted by molar-refractivity contribution is 9.10. The van der Waals surface area contributed by atoms with Gasteiger partial charge in [0.05, 0.1) is 28.0 Å². The first-order valence-corrected chi connectivity index (χ1v) is 6.10. The van der Waals surface area contributed by atoms with Crippen molar-refractivity contribution in [3.63, 3.8) is 0 Å². The third-order valence-corrected chi connectivity index (χ3v) is 3.18. The average molecular weight is 326 g/mol. The van der Waals surface area contributed by atoms with Gasteiger partial charge in [-0.25, -0.2) is 9.18 Å². The monoisotopic (exact) mass is 325 g/mol. The van der Waals surface area contributed by atoms with Gasteiger partial charge >= 0.3 is 5.97 Å². The maximum absolute atomic E-state index is 13.9. The van der Waals surface area contributed by atoms with E-state index in [0.29, 0.717) is 12.2 Å². The normalized spacial score (nSPS) is 10.2. The molecule has 0 amide bonds. The Morgan fingerprint density at radius 2 is 2.21 bits per heavy atom. The number of carboxylic acids is 1. The van der Waals surface area contributed by atoms with Gasteiger partial charge in [0.2, 0.25) is 0 Å². The van der Waals surface area contributed by atoms with Crippen LogP contribution in [0.2, 0.25) is 0 Å². The second kappa shape index (κ2) is 5.75. The fraction of sp³-hybridized carbons (Fsp3) is 0.0833. The molecule has 1 aromatic heterocycles. The summed E-state index contributed by atoms with van der Waals surface area (Å²) in [6, 6.07) is 6.18. The van der Waals surface area contributed by atoms with Crippen molar-refractivity contribution in [1.29, 1.82) is 0 Å². The predicted octanol–water partition coefficient (Wildman–Crippen LogP) is 2.69. The first-order valence-electron chi connectivity index (χ1n) is 5.31. The number of rotatable bonds is 4. The Morgan fingerprint density at radius 1 is 1.42 bits per heavy atom. The number of nitrogens with one attached hydrogen (secondary N) is 1.